The summed E-state index contributed by atoms with van der Waals surface area (Å²) in [5, 5.41) is 8.67. The molecule has 1 fully saturated rings. The first kappa shape index (κ1) is 27.0. The largest absolute Gasteiger partial charge is 0.454 e. The van der Waals surface area contributed by atoms with E-state index in [1.54, 1.807) is 44.7 Å². The first-order valence-electron chi connectivity index (χ1n) is 12.1. The van der Waals surface area contributed by atoms with Gasteiger partial charge in [0, 0.05) is 24.2 Å². The third kappa shape index (κ3) is 8.52. The molecule has 9 nitrogen and oxygen atoms in total. The van der Waals surface area contributed by atoms with E-state index < -0.39 is 17.7 Å². The number of nitrogens with one attached hydrogen (secondary N) is 3. The molecular formula is C25H37N3O6S. The number of alkyl carbamates (subject to hydrolysis) is 1. The van der Waals surface area contributed by atoms with Crippen LogP contribution in [0.1, 0.15) is 52.9 Å². The quantitative estimate of drug-likeness (QED) is 0.464. The average Bonchev–Trinajstić information content (AvgIpc) is 3.27. The van der Waals surface area contributed by atoms with E-state index in [2.05, 4.69) is 16.0 Å². The second kappa shape index (κ2) is 12.4. The Kier molecular flexibility index (Phi) is 9.54. The van der Waals surface area contributed by atoms with Crippen LogP contribution in [0.3, 0.4) is 0 Å². The fraction of sp³-hybridized carbons (Fsp3) is 0.640. The molecule has 0 aromatic heterocycles. The summed E-state index contributed by atoms with van der Waals surface area (Å²) < 4.78 is 16.0. The van der Waals surface area contributed by atoms with E-state index in [1.807, 2.05) is 12.3 Å². The highest BCUT2D eigenvalue weighted by atomic mass is 32.2. The summed E-state index contributed by atoms with van der Waals surface area (Å²) in [6, 6.07) is 4.74. The van der Waals surface area contributed by atoms with Gasteiger partial charge in [-0.25, -0.2) is 4.79 Å². The minimum Gasteiger partial charge on any atom is -0.454 e. The second-order valence-corrected chi connectivity index (χ2v) is 11.0. The maximum absolute atomic E-state index is 12.8. The van der Waals surface area contributed by atoms with Gasteiger partial charge in [0.05, 0.1) is 0 Å². The summed E-state index contributed by atoms with van der Waals surface area (Å²) in [4.78, 5) is 37.7. The van der Waals surface area contributed by atoms with Crippen LogP contribution in [0.4, 0.5) is 10.5 Å². The molecule has 3 rings (SSSR count). The molecule has 3 N–H and O–H groups in total. The smallest absolute Gasteiger partial charge is 0.408 e. The molecule has 0 radical (unpaired) electrons. The zero-order valence-corrected chi connectivity index (χ0v) is 21.8. The van der Waals surface area contributed by atoms with Crippen LogP contribution < -0.4 is 25.4 Å². The fourth-order valence-electron chi connectivity index (χ4n) is 4.17. The Bertz CT molecular complexity index is 896. The number of carbonyl (C=O) groups is 3. The number of hydrogen-bond donors (Lipinski definition) is 3. The molecule has 1 aliphatic carbocycles. The molecule has 1 aromatic carbocycles. The van der Waals surface area contributed by atoms with Gasteiger partial charge in [0.1, 0.15) is 11.6 Å². The van der Waals surface area contributed by atoms with Gasteiger partial charge in [-0.05, 0) is 82.9 Å². The summed E-state index contributed by atoms with van der Waals surface area (Å²) >= 11 is 1.62. The monoisotopic (exact) mass is 507 g/mol. The molecule has 1 heterocycles. The van der Waals surface area contributed by atoms with Crippen molar-refractivity contribution in [1.82, 2.24) is 10.6 Å². The summed E-state index contributed by atoms with van der Waals surface area (Å²) in [6.45, 7) is 6.09. The maximum Gasteiger partial charge on any atom is 0.408 e. The Labute approximate surface area is 211 Å². The minimum atomic E-state index is -0.638. The maximum atomic E-state index is 12.8. The highest BCUT2D eigenvalue weighted by Gasteiger charge is 2.29. The molecular weight excluding hydrogens is 470 g/mol. The third-order valence-corrected chi connectivity index (χ3v) is 6.68. The Morgan fingerprint density at radius 1 is 1.11 bits per heavy atom. The Morgan fingerprint density at radius 3 is 2.51 bits per heavy atom. The van der Waals surface area contributed by atoms with Crippen LogP contribution in [0.2, 0.25) is 0 Å². The van der Waals surface area contributed by atoms with Gasteiger partial charge in [0.15, 0.2) is 11.5 Å². The average molecular weight is 508 g/mol. The lowest BCUT2D eigenvalue weighted by molar-refractivity contribution is -0.124. The Balaban J connectivity index is 1.42. The molecule has 0 bridgehead atoms. The number of amides is 3. The number of carbonyl (C=O) groups excluding carboxylic acids is 3. The van der Waals surface area contributed by atoms with Crippen molar-refractivity contribution in [2.24, 2.45) is 11.8 Å². The van der Waals surface area contributed by atoms with Crippen molar-refractivity contribution in [1.29, 1.82) is 0 Å². The van der Waals surface area contributed by atoms with Gasteiger partial charge in [0.2, 0.25) is 18.6 Å². The lowest BCUT2D eigenvalue weighted by Crippen LogP contribution is -2.49. The standard InChI is InChI=1S/C25H37N3O6S/c1-25(2,3)34-24(31)28-19(11-12-35-4)23(30)26-14-16-5-7-17(8-6-16)22(29)27-18-9-10-20-21(13-18)33-15-32-20/h9-10,13,16-17,19H,5-8,11-12,14-15H2,1-4H3,(H,26,30)(H,27,29)(H,28,31)/t16?,17?,19-/m0/s1. The number of anilines is 1. The third-order valence-electron chi connectivity index (χ3n) is 6.04. The summed E-state index contributed by atoms with van der Waals surface area (Å²) in [5.74, 6) is 2.11. The van der Waals surface area contributed by atoms with E-state index in [-0.39, 0.29) is 24.5 Å². The first-order valence-corrected chi connectivity index (χ1v) is 13.5. The van der Waals surface area contributed by atoms with Crippen LogP contribution in [0.5, 0.6) is 11.5 Å². The molecule has 1 aliphatic heterocycles. The predicted molar refractivity (Wildman–Crippen MR) is 136 cm³/mol. The van der Waals surface area contributed by atoms with Gasteiger partial charge in [-0.3, -0.25) is 9.59 Å². The number of benzene rings is 1. The summed E-state index contributed by atoms with van der Waals surface area (Å²) in [7, 11) is 0. The Morgan fingerprint density at radius 2 is 1.83 bits per heavy atom. The van der Waals surface area contributed by atoms with Crippen LogP contribution in [-0.2, 0) is 14.3 Å². The predicted octanol–water partition coefficient (Wildman–Crippen LogP) is 3.92. The van der Waals surface area contributed by atoms with E-state index >= 15 is 0 Å². The first-order chi connectivity index (χ1) is 16.6. The fourth-order valence-corrected chi connectivity index (χ4v) is 4.64. The molecule has 1 aromatic rings. The molecule has 3 amide bonds. The Hall–Kier alpha value is -2.62. The van der Waals surface area contributed by atoms with Crippen molar-refractivity contribution < 1.29 is 28.6 Å². The van der Waals surface area contributed by atoms with E-state index in [9.17, 15) is 14.4 Å². The van der Waals surface area contributed by atoms with Crippen molar-refractivity contribution in [2.75, 3.05) is 30.7 Å². The lowest BCUT2D eigenvalue weighted by atomic mass is 9.81. The number of fused-ring (bicyclic) bond motifs is 1. The van der Waals surface area contributed by atoms with Crippen LogP contribution >= 0.6 is 11.8 Å². The number of rotatable bonds is 9. The second-order valence-electron chi connectivity index (χ2n) is 10.0. The molecule has 0 unspecified atom stereocenters. The molecule has 194 valence electrons. The highest BCUT2D eigenvalue weighted by molar-refractivity contribution is 7.98. The molecule has 0 saturated heterocycles. The van der Waals surface area contributed by atoms with Crippen molar-refractivity contribution in [3.63, 3.8) is 0 Å². The zero-order chi connectivity index (χ0) is 25.4. The molecule has 2 aliphatic rings. The topological polar surface area (TPSA) is 115 Å². The van der Waals surface area contributed by atoms with E-state index in [1.165, 1.54) is 0 Å². The van der Waals surface area contributed by atoms with Crippen molar-refractivity contribution >= 4 is 35.4 Å². The SMILES string of the molecule is CSCC[C@H](NC(=O)OC(C)(C)C)C(=O)NCC1CCC(C(=O)Nc2ccc3c(c2)OCO3)CC1. The van der Waals surface area contributed by atoms with Gasteiger partial charge in [-0.1, -0.05) is 0 Å². The number of ether oxygens (including phenoxy) is 3. The van der Waals surface area contributed by atoms with Crippen molar-refractivity contribution in [2.45, 2.75) is 64.5 Å². The molecule has 10 heteroatoms. The van der Waals surface area contributed by atoms with Crippen molar-refractivity contribution in [3.8, 4) is 11.5 Å². The lowest BCUT2D eigenvalue weighted by Gasteiger charge is -2.28. The van der Waals surface area contributed by atoms with E-state index in [0.717, 1.165) is 31.4 Å². The van der Waals surface area contributed by atoms with Gasteiger partial charge in [-0.2, -0.15) is 11.8 Å². The van der Waals surface area contributed by atoms with Crippen LogP contribution in [0.15, 0.2) is 18.2 Å². The van der Waals surface area contributed by atoms with Crippen LogP contribution in [-0.4, -0.2) is 54.9 Å². The van der Waals surface area contributed by atoms with Gasteiger partial charge in [-0.15, -0.1) is 0 Å². The van der Waals surface area contributed by atoms with Crippen LogP contribution in [0, 0.1) is 11.8 Å². The summed E-state index contributed by atoms with van der Waals surface area (Å²) in [5.41, 5.74) is 0.0700. The van der Waals surface area contributed by atoms with Crippen molar-refractivity contribution in [3.05, 3.63) is 18.2 Å². The van der Waals surface area contributed by atoms with E-state index in [0.29, 0.717) is 36.1 Å². The molecule has 1 saturated carbocycles. The van der Waals surface area contributed by atoms with Crippen LogP contribution in [0.25, 0.3) is 0 Å². The van der Waals surface area contributed by atoms with Gasteiger partial charge < -0.3 is 30.2 Å². The molecule has 35 heavy (non-hydrogen) atoms. The zero-order valence-electron chi connectivity index (χ0n) is 21.0. The molecule has 1 atom stereocenters. The van der Waals surface area contributed by atoms with E-state index in [4.69, 9.17) is 14.2 Å². The minimum absolute atomic E-state index is 0.00467. The normalized spacial score (nSPS) is 20.0. The number of hydrogen-bond acceptors (Lipinski definition) is 7. The number of thioether (sulfide) groups is 1. The highest BCUT2D eigenvalue weighted by Crippen LogP contribution is 2.35. The van der Waals surface area contributed by atoms with Gasteiger partial charge in [0.25, 0.3) is 0 Å². The summed E-state index contributed by atoms with van der Waals surface area (Å²) in [6.07, 6.45) is 5.14. The molecule has 0 spiro atoms. The van der Waals surface area contributed by atoms with Gasteiger partial charge >= 0.3 is 6.09 Å².